The summed E-state index contributed by atoms with van der Waals surface area (Å²) in [5.41, 5.74) is 6.56. The lowest BCUT2D eigenvalue weighted by atomic mass is 10.2. The molecule has 0 spiro atoms. The van der Waals surface area contributed by atoms with Crippen LogP contribution in [-0.4, -0.2) is 12.4 Å². The lowest BCUT2D eigenvalue weighted by molar-refractivity contribution is 0.145. The first-order valence-electron chi connectivity index (χ1n) is 4.45. The average Bonchev–Trinajstić information content (AvgIpc) is 2.19. The van der Waals surface area contributed by atoms with Crippen molar-refractivity contribution in [2.24, 2.45) is 10.9 Å². The quantitative estimate of drug-likeness (QED) is 0.390. The van der Waals surface area contributed by atoms with Crippen LogP contribution in [0.2, 0.25) is 0 Å². The molecule has 0 atom stereocenters. The summed E-state index contributed by atoms with van der Waals surface area (Å²) in [6.07, 6.45) is 0.928. The monoisotopic (exact) mass is 256 g/mol. The maximum Gasteiger partial charge on any atom is 0.170 e. The SMILES string of the molecule is CCCO/N=C(/N)c1ccc(Br)cc1. The van der Waals surface area contributed by atoms with Crippen LogP contribution in [0.4, 0.5) is 0 Å². The van der Waals surface area contributed by atoms with E-state index in [0.717, 1.165) is 16.5 Å². The molecule has 0 aliphatic heterocycles. The molecule has 1 rings (SSSR count). The third kappa shape index (κ3) is 3.38. The van der Waals surface area contributed by atoms with Crippen LogP contribution < -0.4 is 5.73 Å². The van der Waals surface area contributed by atoms with Gasteiger partial charge in [0.05, 0.1) is 0 Å². The van der Waals surface area contributed by atoms with Crippen LogP contribution in [0, 0.1) is 0 Å². The molecule has 0 saturated heterocycles. The Balaban J connectivity index is 2.64. The smallest absolute Gasteiger partial charge is 0.170 e. The molecule has 0 radical (unpaired) electrons. The Hall–Kier alpha value is -1.03. The summed E-state index contributed by atoms with van der Waals surface area (Å²) < 4.78 is 1.02. The fourth-order valence-electron chi connectivity index (χ4n) is 0.880. The Morgan fingerprint density at radius 3 is 2.64 bits per heavy atom. The molecular formula is C10H13BrN2O. The van der Waals surface area contributed by atoms with Crippen molar-refractivity contribution in [3.05, 3.63) is 34.3 Å². The van der Waals surface area contributed by atoms with Crippen molar-refractivity contribution in [1.82, 2.24) is 0 Å². The van der Waals surface area contributed by atoms with Crippen molar-refractivity contribution in [2.75, 3.05) is 6.61 Å². The van der Waals surface area contributed by atoms with Crippen LogP contribution in [0.1, 0.15) is 18.9 Å². The van der Waals surface area contributed by atoms with E-state index >= 15 is 0 Å². The van der Waals surface area contributed by atoms with E-state index in [-0.39, 0.29) is 0 Å². The van der Waals surface area contributed by atoms with E-state index in [1.165, 1.54) is 0 Å². The summed E-state index contributed by atoms with van der Waals surface area (Å²) in [7, 11) is 0. The topological polar surface area (TPSA) is 47.6 Å². The van der Waals surface area contributed by atoms with E-state index in [1.54, 1.807) is 0 Å². The molecular weight excluding hydrogens is 244 g/mol. The Kier molecular flexibility index (Phi) is 4.46. The van der Waals surface area contributed by atoms with Crippen LogP contribution in [0.3, 0.4) is 0 Å². The summed E-state index contributed by atoms with van der Waals surface area (Å²) >= 11 is 3.35. The van der Waals surface area contributed by atoms with E-state index in [4.69, 9.17) is 10.6 Å². The van der Waals surface area contributed by atoms with Gasteiger partial charge in [0.2, 0.25) is 0 Å². The van der Waals surface area contributed by atoms with Crippen molar-refractivity contribution in [2.45, 2.75) is 13.3 Å². The highest BCUT2D eigenvalue weighted by molar-refractivity contribution is 9.10. The van der Waals surface area contributed by atoms with Crippen LogP contribution in [0.5, 0.6) is 0 Å². The van der Waals surface area contributed by atoms with Gasteiger partial charge in [-0.3, -0.25) is 0 Å². The molecule has 0 fully saturated rings. The minimum absolute atomic E-state index is 0.408. The maximum atomic E-state index is 5.70. The number of halogens is 1. The maximum absolute atomic E-state index is 5.70. The van der Waals surface area contributed by atoms with Crippen LogP contribution >= 0.6 is 15.9 Å². The molecule has 0 unspecified atom stereocenters. The highest BCUT2D eigenvalue weighted by Gasteiger charge is 1.97. The molecule has 14 heavy (non-hydrogen) atoms. The Bertz CT molecular complexity index is 308. The van der Waals surface area contributed by atoms with Crippen molar-refractivity contribution >= 4 is 21.8 Å². The van der Waals surface area contributed by atoms with Gasteiger partial charge in [-0.25, -0.2) is 0 Å². The first-order valence-corrected chi connectivity index (χ1v) is 5.24. The zero-order valence-electron chi connectivity index (χ0n) is 8.03. The van der Waals surface area contributed by atoms with Gasteiger partial charge < -0.3 is 10.6 Å². The summed E-state index contributed by atoms with van der Waals surface area (Å²) in [5.74, 6) is 0.408. The Morgan fingerprint density at radius 2 is 2.07 bits per heavy atom. The van der Waals surface area contributed by atoms with Crippen LogP contribution in [-0.2, 0) is 4.84 Å². The fourth-order valence-corrected chi connectivity index (χ4v) is 1.14. The van der Waals surface area contributed by atoms with Gasteiger partial charge in [0, 0.05) is 10.0 Å². The number of nitrogens with zero attached hydrogens (tertiary/aromatic N) is 1. The van der Waals surface area contributed by atoms with Gasteiger partial charge >= 0.3 is 0 Å². The number of benzene rings is 1. The first-order chi connectivity index (χ1) is 6.74. The predicted octanol–water partition coefficient (Wildman–Crippen LogP) is 2.50. The van der Waals surface area contributed by atoms with Gasteiger partial charge in [-0.05, 0) is 18.6 Å². The third-order valence-corrected chi connectivity index (χ3v) is 2.13. The fraction of sp³-hybridized carbons (Fsp3) is 0.300. The minimum Gasteiger partial charge on any atom is -0.394 e. The van der Waals surface area contributed by atoms with Crippen molar-refractivity contribution < 1.29 is 4.84 Å². The highest BCUT2D eigenvalue weighted by atomic mass is 79.9. The van der Waals surface area contributed by atoms with Crippen molar-refractivity contribution in [3.63, 3.8) is 0 Å². The lowest BCUT2D eigenvalue weighted by Crippen LogP contribution is -2.13. The number of nitrogens with two attached hydrogens (primary N) is 1. The largest absolute Gasteiger partial charge is 0.394 e. The summed E-state index contributed by atoms with van der Waals surface area (Å²) in [6, 6.07) is 7.60. The zero-order valence-corrected chi connectivity index (χ0v) is 9.62. The van der Waals surface area contributed by atoms with E-state index in [2.05, 4.69) is 21.1 Å². The van der Waals surface area contributed by atoms with Gasteiger partial charge in [-0.15, -0.1) is 0 Å². The number of rotatable bonds is 4. The van der Waals surface area contributed by atoms with Gasteiger partial charge in [-0.1, -0.05) is 40.1 Å². The number of hydrogen-bond acceptors (Lipinski definition) is 2. The second-order valence-electron chi connectivity index (χ2n) is 2.82. The Morgan fingerprint density at radius 1 is 1.43 bits per heavy atom. The first kappa shape index (κ1) is 11.0. The van der Waals surface area contributed by atoms with Gasteiger partial charge in [0.15, 0.2) is 5.84 Å². The Labute approximate surface area is 92.1 Å². The second kappa shape index (κ2) is 5.65. The minimum atomic E-state index is 0.408. The molecule has 0 aliphatic rings. The van der Waals surface area contributed by atoms with Gasteiger partial charge in [0.1, 0.15) is 6.61 Å². The highest BCUT2D eigenvalue weighted by Crippen LogP contribution is 2.10. The van der Waals surface area contributed by atoms with Gasteiger partial charge in [-0.2, -0.15) is 0 Å². The zero-order chi connectivity index (χ0) is 10.4. The van der Waals surface area contributed by atoms with E-state index in [9.17, 15) is 0 Å². The molecule has 1 aromatic carbocycles. The van der Waals surface area contributed by atoms with Crippen LogP contribution in [0.25, 0.3) is 0 Å². The van der Waals surface area contributed by atoms with Crippen molar-refractivity contribution in [3.8, 4) is 0 Å². The molecule has 0 bridgehead atoms. The predicted molar refractivity (Wildman–Crippen MR) is 61.1 cm³/mol. The van der Waals surface area contributed by atoms with Crippen LogP contribution in [0.15, 0.2) is 33.9 Å². The normalized spacial score (nSPS) is 11.4. The molecule has 2 N–H and O–H groups in total. The molecule has 0 heterocycles. The molecule has 3 nitrogen and oxygen atoms in total. The van der Waals surface area contributed by atoms with Crippen molar-refractivity contribution in [1.29, 1.82) is 0 Å². The lowest BCUT2D eigenvalue weighted by Gasteiger charge is -2.00. The number of amidine groups is 1. The molecule has 4 heteroatoms. The second-order valence-corrected chi connectivity index (χ2v) is 3.73. The van der Waals surface area contributed by atoms with Gasteiger partial charge in [0.25, 0.3) is 0 Å². The molecule has 0 saturated carbocycles. The molecule has 0 aliphatic carbocycles. The molecule has 1 aromatic rings. The van der Waals surface area contributed by atoms with E-state index in [0.29, 0.717) is 12.4 Å². The molecule has 0 amide bonds. The van der Waals surface area contributed by atoms with E-state index in [1.807, 2.05) is 31.2 Å². The third-order valence-electron chi connectivity index (χ3n) is 1.60. The number of oxime groups is 1. The average molecular weight is 257 g/mol. The molecule has 0 aromatic heterocycles. The summed E-state index contributed by atoms with van der Waals surface area (Å²) in [6.45, 7) is 2.61. The molecule has 76 valence electrons. The standard InChI is InChI=1S/C10H13BrN2O/c1-2-7-14-13-10(12)8-3-5-9(11)6-4-8/h3-6H,2,7H2,1H3,(H2,12,13). The summed E-state index contributed by atoms with van der Waals surface area (Å²) in [4.78, 5) is 4.98. The number of hydrogen-bond donors (Lipinski definition) is 1. The summed E-state index contributed by atoms with van der Waals surface area (Å²) in [5, 5.41) is 3.79. The van der Waals surface area contributed by atoms with E-state index < -0.39 is 0 Å².